The van der Waals surface area contributed by atoms with Gasteiger partial charge in [-0.25, -0.2) is 0 Å². The summed E-state index contributed by atoms with van der Waals surface area (Å²) in [5.41, 5.74) is 0.712. The van der Waals surface area contributed by atoms with Crippen molar-refractivity contribution < 1.29 is 4.74 Å². The molecule has 116 valence electrons. The number of likely N-dealkylation sites (tertiary alicyclic amines) is 2. The largest absolute Gasteiger partial charge is 0.381 e. The van der Waals surface area contributed by atoms with Crippen LogP contribution < -0.4 is 0 Å². The molecular weight excluding hydrogens is 248 g/mol. The van der Waals surface area contributed by atoms with Crippen molar-refractivity contribution in [3.05, 3.63) is 0 Å². The number of hydrogen-bond donors (Lipinski definition) is 0. The minimum absolute atomic E-state index is 0.712. The first-order chi connectivity index (χ1) is 9.73. The van der Waals surface area contributed by atoms with Crippen molar-refractivity contribution in [1.29, 1.82) is 0 Å². The Labute approximate surface area is 124 Å². The minimum Gasteiger partial charge on any atom is -0.381 e. The number of nitrogens with zero attached hydrogens (tertiary/aromatic N) is 2. The van der Waals surface area contributed by atoms with Crippen LogP contribution in [0.2, 0.25) is 0 Å². The molecule has 3 fully saturated rings. The second-order valence-electron chi connectivity index (χ2n) is 7.47. The van der Waals surface area contributed by atoms with Gasteiger partial charge in [0.25, 0.3) is 0 Å². The summed E-state index contributed by atoms with van der Waals surface area (Å²) in [4.78, 5) is 5.33. The third-order valence-electron chi connectivity index (χ3n) is 5.89. The molecule has 2 aliphatic heterocycles. The summed E-state index contributed by atoms with van der Waals surface area (Å²) in [5.74, 6) is 1.82. The van der Waals surface area contributed by atoms with Gasteiger partial charge < -0.3 is 14.5 Å². The molecule has 0 amide bonds. The Hall–Kier alpha value is -0.120. The van der Waals surface area contributed by atoms with Crippen LogP contribution >= 0.6 is 0 Å². The average molecular weight is 280 g/mol. The summed E-state index contributed by atoms with van der Waals surface area (Å²) in [6.45, 7) is 14.3. The highest BCUT2D eigenvalue weighted by atomic mass is 16.5. The van der Waals surface area contributed by atoms with Crippen LogP contribution in [-0.4, -0.2) is 62.3 Å². The van der Waals surface area contributed by atoms with Crippen LogP contribution in [-0.2, 0) is 4.74 Å². The highest BCUT2D eigenvalue weighted by Crippen LogP contribution is 2.41. The Bertz CT molecular complexity index is 298. The average Bonchev–Trinajstić information content (AvgIpc) is 2.39. The lowest BCUT2D eigenvalue weighted by Gasteiger charge is -2.54. The first-order valence-corrected chi connectivity index (χ1v) is 8.75. The van der Waals surface area contributed by atoms with Gasteiger partial charge >= 0.3 is 0 Å². The monoisotopic (exact) mass is 280 g/mol. The first-order valence-electron chi connectivity index (χ1n) is 8.75. The van der Waals surface area contributed by atoms with Crippen LogP contribution in [0.1, 0.15) is 39.5 Å². The number of rotatable bonds is 6. The highest BCUT2D eigenvalue weighted by Gasteiger charge is 2.44. The van der Waals surface area contributed by atoms with E-state index in [0.29, 0.717) is 5.41 Å². The SMILES string of the molecule is CCOCC1CC(CN2CCC3(CC2)CN(CC)C3)C1. The van der Waals surface area contributed by atoms with E-state index >= 15 is 0 Å². The molecule has 2 heterocycles. The molecule has 0 aromatic carbocycles. The third kappa shape index (κ3) is 3.20. The minimum atomic E-state index is 0.712. The van der Waals surface area contributed by atoms with Crippen LogP contribution in [0.5, 0.6) is 0 Å². The molecule has 0 bridgehead atoms. The van der Waals surface area contributed by atoms with Gasteiger partial charge in [0.05, 0.1) is 0 Å². The molecule has 1 saturated carbocycles. The highest BCUT2D eigenvalue weighted by molar-refractivity contribution is 4.98. The topological polar surface area (TPSA) is 15.7 Å². The van der Waals surface area contributed by atoms with Crippen molar-refractivity contribution in [3.8, 4) is 0 Å². The molecule has 0 radical (unpaired) electrons. The van der Waals surface area contributed by atoms with Gasteiger partial charge in [-0.3, -0.25) is 0 Å². The van der Waals surface area contributed by atoms with Crippen LogP contribution in [0.15, 0.2) is 0 Å². The predicted octanol–water partition coefficient (Wildman–Crippen LogP) is 2.47. The van der Waals surface area contributed by atoms with Gasteiger partial charge in [-0.15, -0.1) is 0 Å². The third-order valence-corrected chi connectivity index (χ3v) is 5.89. The van der Waals surface area contributed by atoms with Crippen LogP contribution in [0.3, 0.4) is 0 Å². The van der Waals surface area contributed by atoms with E-state index in [-0.39, 0.29) is 0 Å². The van der Waals surface area contributed by atoms with E-state index in [4.69, 9.17) is 4.74 Å². The molecule has 3 heteroatoms. The fourth-order valence-corrected chi connectivity index (χ4v) is 4.46. The molecule has 3 rings (SSSR count). The van der Waals surface area contributed by atoms with E-state index < -0.39 is 0 Å². The normalized spacial score (nSPS) is 33.9. The summed E-state index contributed by atoms with van der Waals surface area (Å²) < 4.78 is 5.53. The molecule has 2 saturated heterocycles. The van der Waals surface area contributed by atoms with E-state index in [0.717, 1.165) is 25.0 Å². The van der Waals surface area contributed by atoms with E-state index in [1.807, 2.05) is 0 Å². The van der Waals surface area contributed by atoms with Crippen LogP contribution in [0, 0.1) is 17.3 Å². The van der Waals surface area contributed by atoms with Gasteiger partial charge in [0.15, 0.2) is 0 Å². The fourth-order valence-electron chi connectivity index (χ4n) is 4.46. The number of hydrogen-bond acceptors (Lipinski definition) is 3. The molecule has 0 aromatic heterocycles. The Morgan fingerprint density at radius 3 is 2.30 bits per heavy atom. The first kappa shape index (κ1) is 14.8. The summed E-state index contributed by atoms with van der Waals surface area (Å²) in [5, 5.41) is 0. The molecule has 0 N–H and O–H groups in total. The molecule has 0 atom stereocenters. The maximum absolute atomic E-state index is 5.53. The van der Waals surface area contributed by atoms with Gasteiger partial charge in [0.2, 0.25) is 0 Å². The van der Waals surface area contributed by atoms with E-state index in [1.54, 1.807) is 0 Å². The van der Waals surface area contributed by atoms with Crippen molar-refractivity contribution in [2.24, 2.45) is 17.3 Å². The van der Waals surface area contributed by atoms with Gasteiger partial charge in [0, 0.05) is 32.8 Å². The van der Waals surface area contributed by atoms with Crippen molar-refractivity contribution in [3.63, 3.8) is 0 Å². The molecule has 20 heavy (non-hydrogen) atoms. The molecule has 3 aliphatic rings. The maximum Gasteiger partial charge on any atom is 0.0494 e. The molecule has 1 aliphatic carbocycles. The Morgan fingerprint density at radius 1 is 1.00 bits per heavy atom. The number of piperidine rings is 1. The van der Waals surface area contributed by atoms with Gasteiger partial charge in [-0.1, -0.05) is 6.92 Å². The standard InChI is InChI=1S/C17H32N2O/c1-3-18-13-17(14-18)5-7-19(8-6-17)11-15-9-16(10-15)12-20-4-2/h15-16H,3-14H2,1-2H3. The van der Waals surface area contributed by atoms with E-state index in [9.17, 15) is 0 Å². The summed E-state index contributed by atoms with van der Waals surface area (Å²) in [7, 11) is 0. The second-order valence-corrected chi connectivity index (χ2v) is 7.47. The van der Waals surface area contributed by atoms with E-state index in [1.165, 1.54) is 65.0 Å². The van der Waals surface area contributed by atoms with Crippen LogP contribution in [0.4, 0.5) is 0 Å². The Morgan fingerprint density at radius 2 is 1.70 bits per heavy atom. The Kier molecular flexibility index (Phi) is 4.68. The van der Waals surface area contributed by atoms with Crippen LogP contribution in [0.25, 0.3) is 0 Å². The summed E-state index contributed by atoms with van der Waals surface area (Å²) >= 11 is 0. The molecule has 0 aromatic rings. The fraction of sp³-hybridized carbons (Fsp3) is 1.00. The van der Waals surface area contributed by atoms with E-state index in [2.05, 4.69) is 23.6 Å². The Balaban J connectivity index is 1.30. The quantitative estimate of drug-likeness (QED) is 0.743. The van der Waals surface area contributed by atoms with Gasteiger partial charge in [-0.05, 0) is 69.5 Å². The lowest BCUT2D eigenvalue weighted by molar-refractivity contribution is -0.0508. The van der Waals surface area contributed by atoms with Crippen molar-refractivity contribution in [1.82, 2.24) is 9.80 Å². The molecule has 1 spiro atoms. The maximum atomic E-state index is 5.53. The van der Waals surface area contributed by atoms with Crippen molar-refractivity contribution >= 4 is 0 Å². The summed E-state index contributed by atoms with van der Waals surface area (Å²) in [6, 6.07) is 0. The summed E-state index contributed by atoms with van der Waals surface area (Å²) in [6.07, 6.45) is 5.70. The second kappa shape index (κ2) is 6.33. The zero-order chi connectivity index (χ0) is 14.0. The molecular formula is C17H32N2O. The zero-order valence-corrected chi connectivity index (χ0v) is 13.4. The van der Waals surface area contributed by atoms with Gasteiger partial charge in [0.1, 0.15) is 0 Å². The van der Waals surface area contributed by atoms with Gasteiger partial charge in [-0.2, -0.15) is 0 Å². The molecule has 0 unspecified atom stereocenters. The lowest BCUT2D eigenvalue weighted by atomic mass is 9.71. The smallest absolute Gasteiger partial charge is 0.0494 e. The zero-order valence-electron chi connectivity index (χ0n) is 13.4. The molecule has 3 nitrogen and oxygen atoms in total. The lowest BCUT2D eigenvalue weighted by Crippen LogP contribution is -2.60. The van der Waals surface area contributed by atoms with Crippen molar-refractivity contribution in [2.75, 3.05) is 52.5 Å². The van der Waals surface area contributed by atoms with Crippen molar-refractivity contribution in [2.45, 2.75) is 39.5 Å². The number of ether oxygens (including phenoxy) is 1. The predicted molar refractivity (Wildman–Crippen MR) is 82.9 cm³/mol.